The van der Waals surface area contributed by atoms with Crippen LogP contribution in [0.1, 0.15) is 35.5 Å². The number of rotatable bonds is 5. The third-order valence-electron chi connectivity index (χ3n) is 2.68. The Labute approximate surface area is 106 Å². The molecule has 5 heteroatoms. The molecule has 0 saturated carbocycles. The van der Waals surface area contributed by atoms with Crippen molar-refractivity contribution >= 4 is 5.97 Å². The molecule has 0 radical (unpaired) electrons. The maximum Gasteiger partial charge on any atom is 0.341 e. The predicted octanol–water partition coefficient (Wildman–Crippen LogP) is 1.59. The smallest absolute Gasteiger partial charge is 0.341 e. The van der Waals surface area contributed by atoms with E-state index in [1.807, 2.05) is 13.8 Å². The molecule has 0 spiro atoms. The van der Waals surface area contributed by atoms with Gasteiger partial charge in [-0.1, -0.05) is 0 Å². The summed E-state index contributed by atoms with van der Waals surface area (Å²) in [5.41, 5.74) is 0.610. The number of hydrogen-bond donors (Lipinski definition) is 1. The molecule has 1 heterocycles. The van der Waals surface area contributed by atoms with Gasteiger partial charge in [0.25, 0.3) is 5.56 Å². The fourth-order valence-corrected chi connectivity index (χ4v) is 1.84. The van der Waals surface area contributed by atoms with E-state index in [0.29, 0.717) is 18.7 Å². The van der Waals surface area contributed by atoms with Crippen LogP contribution in [0.5, 0.6) is 0 Å². The van der Waals surface area contributed by atoms with Crippen LogP contribution in [0.3, 0.4) is 0 Å². The van der Waals surface area contributed by atoms with Crippen LogP contribution in [0.2, 0.25) is 0 Å². The quantitative estimate of drug-likeness (QED) is 0.865. The maximum absolute atomic E-state index is 12.1. The molecule has 0 atom stereocenters. The first-order valence-corrected chi connectivity index (χ1v) is 5.90. The average molecular weight is 253 g/mol. The number of nitrogens with zero attached hydrogens (tertiary/aromatic N) is 1. The number of aromatic nitrogens is 1. The van der Waals surface area contributed by atoms with Crippen LogP contribution in [0.25, 0.3) is 0 Å². The Morgan fingerprint density at radius 1 is 1.44 bits per heavy atom. The van der Waals surface area contributed by atoms with Crippen molar-refractivity contribution < 1.29 is 14.6 Å². The normalized spacial score (nSPS) is 10.9. The molecular weight excluding hydrogens is 234 g/mol. The van der Waals surface area contributed by atoms with Gasteiger partial charge < -0.3 is 14.4 Å². The first-order valence-electron chi connectivity index (χ1n) is 5.90. The fraction of sp³-hybridized carbons (Fsp3) is 0.538. The second-order valence-corrected chi connectivity index (χ2v) is 4.53. The van der Waals surface area contributed by atoms with E-state index in [1.54, 1.807) is 19.9 Å². The van der Waals surface area contributed by atoms with Crippen LogP contribution in [-0.2, 0) is 11.3 Å². The van der Waals surface area contributed by atoms with E-state index in [2.05, 4.69) is 0 Å². The van der Waals surface area contributed by atoms with Crippen LogP contribution in [0, 0.1) is 13.8 Å². The third kappa shape index (κ3) is 3.20. The van der Waals surface area contributed by atoms with E-state index in [4.69, 9.17) is 9.84 Å². The second-order valence-electron chi connectivity index (χ2n) is 4.53. The van der Waals surface area contributed by atoms with Crippen molar-refractivity contribution in [3.8, 4) is 0 Å². The van der Waals surface area contributed by atoms with Gasteiger partial charge in [-0.2, -0.15) is 0 Å². The predicted molar refractivity (Wildman–Crippen MR) is 68.2 cm³/mol. The fourth-order valence-electron chi connectivity index (χ4n) is 1.84. The van der Waals surface area contributed by atoms with Crippen molar-refractivity contribution in [3.63, 3.8) is 0 Å². The van der Waals surface area contributed by atoms with Gasteiger partial charge >= 0.3 is 5.97 Å². The van der Waals surface area contributed by atoms with Gasteiger partial charge in [-0.05, 0) is 39.3 Å². The van der Waals surface area contributed by atoms with E-state index in [0.717, 1.165) is 5.69 Å². The van der Waals surface area contributed by atoms with E-state index >= 15 is 0 Å². The molecule has 100 valence electrons. The van der Waals surface area contributed by atoms with Crippen LogP contribution < -0.4 is 5.56 Å². The number of pyridine rings is 1. The van der Waals surface area contributed by atoms with Crippen molar-refractivity contribution in [2.24, 2.45) is 0 Å². The van der Waals surface area contributed by atoms with Gasteiger partial charge in [0, 0.05) is 12.2 Å². The topological polar surface area (TPSA) is 68.5 Å². The Morgan fingerprint density at radius 2 is 2.06 bits per heavy atom. The molecule has 1 rings (SSSR count). The lowest BCUT2D eigenvalue weighted by atomic mass is 10.1. The molecular formula is C13H19NO4. The Balaban J connectivity index is 3.08. The summed E-state index contributed by atoms with van der Waals surface area (Å²) in [5, 5.41) is 9.03. The standard InChI is InChI=1S/C13H19NO4/c1-8(2)18-6-5-14-10(4)7-9(3)11(12(14)15)13(16)17/h7-8H,5-6H2,1-4H3,(H,16,17). The minimum absolute atomic E-state index is 0.0883. The number of ether oxygens (including phenoxy) is 1. The molecule has 0 fully saturated rings. The summed E-state index contributed by atoms with van der Waals surface area (Å²) in [4.78, 5) is 23.1. The van der Waals surface area contributed by atoms with Gasteiger partial charge in [0.15, 0.2) is 0 Å². The van der Waals surface area contributed by atoms with Gasteiger partial charge in [-0.3, -0.25) is 4.79 Å². The summed E-state index contributed by atoms with van der Waals surface area (Å²) >= 11 is 0. The Morgan fingerprint density at radius 3 is 2.56 bits per heavy atom. The van der Waals surface area contributed by atoms with Gasteiger partial charge in [0.2, 0.25) is 0 Å². The first kappa shape index (κ1) is 14.4. The van der Waals surface area contributed by atoms with Crippen molar-refractivity contribution in [1.82, 2.24) is 4.57 Å². The van der Waals surface area contributed by atoms with E-state index in [1.165, 1.54) is 4.57 Å². The number of aromatic carboxylic acids is 1. The van der Waals surface area contributed by atoms with Crippen LogP contribution in [-0.4, -0.2) is 28.4 Å². The molecule has 0 aliphatic carbocycles. The van der Waals surface area contributed by atoms with Gasteiger partial charge in [-0.15, -0.1) is 0 Å². The van der Waals surface area contributed by atoms with Crippen molar-refractivity contribution in [2.75, 3.05) is 6.61 Å². The SMILES string of the molecule is Cc1cc(C)n(CCOC(C)C)c(=O)c1C(=O)O. The minimum Gasteiger partial charge on any atom is -0.477 e. The molecule has 0 unspecified atom stereocenters. The molecule has 0 aliphatic rings. The highest BCUT2D eigenvalue weighted by molar-refractivity contribution is 5.88. The summed E-state index contributed by atoms with van der Waals surface area (Å²) in [5.74, 6) is -1.18. The highest BCUT2D eigenvalue weighted by Gasteiger charge is 2.16. The summed E-state index contributed by atoms with van der Waals surface area (Å²) in [6, 6.07) is 1.71. The number of carboxylic acid groups (broad SMARTS) is 1. The zero-order chi connectivity index (χ0) is 13.9. The molecule has 1 aromatic rings. The van der Waals surface area contributed by atoms with Crippen LogP contribution in [0.4, 0.5) is 0 Å². The Bertz CT molecular complexity index is 502. The number of hydrogen-bond acceptors (Lipinski definition) is 3. The molecule has 0 aromatic carbocycles. The van der Waals surface area contributed by atoms with Crippen molar-refractivity contribution in [3.05, 3.63) is 33.2 Å². The zero-order valence-electron chi connectivity index (χ0n) is 11.2. The monoisotopic (exact) mass is 253 g/mol. The Kier molecular flexibility index (Phi) is 4.67. The summed E-state index contributed by atoms with van der Waals surface area (Å²) < 4.78 is 6.82. The maximum atomic E-state index is 12.1. The molecule has 1 N–H and O–H groups in total. The molecule has 18 heavy (non-hydrogen) atoms. The van der Waals surface area contributed by atoms with Gasteiger partial charge in [0.05, 0.1) is 12.7 Å². The largest absolute Gasteiger partial charge is 0.477 e. The van der Waals surface area contributed by atoms with E-state index in [-0.39, 0.29) is 11.7 Å². The molecule has 0 aliphatic heterocycles. The number of carbonyl (C=O) groups is 1. The minimum atomic E-state index is -1.18. The van der Waals surface area contributed by atoms with Crippen molar-refractivity contribution in [2.45, 2.75) is 40.3 Å². The third-order valence-corrected chi connectivity index (χ3v) is 2.68. The lowest BCUT2D eigenvalue weighted by molar-refractivity contribution is 0.0678. The first-order chi connectivity index (χ1) is 8.34. The summed E-state index contributed by atoms with van der Waals surface area (Å²) in [6.45, 7) is 7.99. The number of aryl methyl sites for hydroxylation is 2. The lowest BCUT2D eigenvalue weighted by Crippen LogP contribution is -2.30. The number of carboxylic acids is 1. The van der Waals surface area contributed by atoms with E-state index in [9.17, 15) is 9.59 Å². The van der Waals surface area contributed by atoms with Gasteiger partial charge in [0.1, 0.15) is 5.56 Å². The van der Waals surface area contributed by atoms with E-state index < -0.39 is 11.5 Å². The molecule has 5 nitrogen and oxygen atoms in total. The zero-order valence-corrected chi connectivity index (χ0v) is 11.2. The molecule has 0 amide bonds. The highest BCUT2D eigenvalue weighted by atomic mass is 16.5. The van der Waals surface area contributed by atoms with Gasteiger partial charge in [-0.25, -0.2) is 4.79 Å². The molecule has 1 aromatic heterocycles. The summed E-state index contributed by atoms with van der Waals surface area (Å²) in [6.07, 6.45) is 0.0883. The van der Waals surface area contributed by atoms with Crippen molar-refractivity contribution in [1.29, 1.82) is 0 Å². The average Bonchev–Trinajstić information content (AvgIpc) is 2.21. The summed E-state index contributed by atoms with van der Waals surface area (Å²) in [7, 11) is 0. The second kappa shape index (κ2) is 5.82. The van der Waals surface area contributed by atoms with Crippen LogP contribution in [0.15, 0.2) is 10.9 Å². The van der Waals surface area contributed by atoms with Crippen LogP contribution >= 0.6 is 0 Å². The Hall–Kier alpha value is -1.62. The highest BCUT2D eigenvalue weighted by Crippen LogP contribution is 2.06. The molecule has 0 saturated heterocycles. The molecule has 0 bridgehead atoms. The lowest BCUT2D eigenvalue weighted by Gasteiger charge is -2.14.